The normalized spacial score (nSPS) is 25.1. The summed E-state index contributed by atoms with van der Waals surface area (Å²) < 4.78 is 0. The second-order valence-corrected chi connectivity index (χ2v) is 6.51. The smallest absolute Gasteiger partial charge is 0.223 e. The molecule has 4 nitrogen and oxygen atoms in total. The van der Waals surface area contributed by atoms with Crippen LogP contribution in [0.2, 0.25) is 0 Å². The topological polar surface area (TPSA) is 64.7 Å². The maximum atomic E-state index is 5.70. The fraction of sp³-hybridized carbons (Fsp3) is 0.786. The van der Waals surface area contributed by atoms with Crippen LogP contribution in [0.1, 0.15) is 64.0 Å². The van der Waals surface area contributed by atoms with Crippen molar-refractivity contribution in [1.29, 1.82) is 0 Å². The van der Waals surface area contributed by atoms with Crippen molar-refractivity contribution in [2.24, 2.45) is 11.3 Å². The van der Waals surface area contributed by atoms with Crippen LogP contribution in [-0.4, -0.2) is 15.0 Å². The number of nitrogens with two attached hydrogens (primary N) is 1. The van der Waals surface area contributed by atoms with Crippen molar-refractivity contribution < 1.29 is 0 Å². The predicted octanol–water partition coefficient (Wildman–Crippen LogP) is 3.08. The van der Waals surface area contributed by atoms with Gasteiger partial charge in [0.15, 0.2) is 0 Å². The number of nitrogen functional groups attached to an aromatic ring is 1. The van der Waals surface area contributed by atoms with Crippen LogP contribution in [0.25, 0.3) is 0 Å². The Bertz CT molecular complexity index is 394. The first-order valence-electron chi connectivity index (χ1n) is 6.84. The van der Waals surface area contributed by atoms with E-state index in [9.17, 15) is 0 Å². The fourth-order valence-corrected chi connectivity index (χ4v) is 2.92. The molecule has 1 saturated carbocycles. The molecule has 1 aliphatic carbocycles. The molecule has 1 heterocycles. The minimum absolute atomic E-state index is 0.357. The van der Waals surface area contributed by atoms with Gasteiger partial charge in [-0.15, -0.1) is 0 Å². The molecule has 2 rings (SSSR count). The SMILES string of the molecule is Cc1nc(N)nc(C2CCC(C(C)(C)C)CC2)n1. The summed E-state index contributed by atoms with van der Waals surface area (Å²) in [6.07, 6.45) is 4.87. The summed E-state index contributed by atoms with van der Waals surface area (Å²) in [5, 5.41) is 0. The van der Waals surface area contributed by atoms with Crippen molar-refractivity contribution in [3.8, 4) is 0 Å². The molecule has 0 atom stereocenters. The minimum atomic E-state index is 0.357. The van der Waals surface area contributed by atoms with Gasteiger partial charge >= 0.3 is 0 Å². The van der Waals surface area contributed by atoms with Gasteiger partial charge in [0.1, 0.15) is 11.6 Å². The number of anilines is 1. The standard InChI is InChI=1S/C14H24N4/c1-9-16-12(18-13(15)17-9)10-5-7-11(8-6-10)14(2,3)4/h10-11H,5-8H2,1-4H3,(H2,15,16,17,18). The second kappa shape index (κ2) is 4.82. The summed E-state index contributed by atoms with van der Waals surface area (Å²) in [7, 11) is 0. The average Bonchev–Trinajstić information content (AvgIpc) is 2.27. The van der Waals surface area contributed by atoms with E-state index >= 15 is 0 Å². The van der Waals surface area contributed by atoms with Crippen LogP contribution >= 0.6 is 0 Å². The van der Waals surface area contributed by atoms with Crippen LogP contribution in [0.3, 0.4) is 0 Å². The Morgan fingerprint density at radius 3 is 2.11 bits per heavy atom. The molecule has 18 heavy (non-hydrogen) atoms. The highest BCUT2D eigenvalue weighted by molar-refractivity contribution is 5.17. The molecule has 1 fully saturated rings. The summed E-state index contributed by atoms with van der Waals surface area (Å²) >= 11 is 0. The van der Waals surface area contributed by atoms with Gasteiger partial charge in [-0.05, 0) is 43.9 Å². The van der Waals surface area contributed by atoms with Crippen molar-refractivity contribution in [1.82, 2.24) is 15.0 Å². The third-order valence-electron chi connectivity index (χ3n) is 4.10. The van der Waals surface area contributed by atoms with Crippen molar-refractivity contribution in [3.05, 3.63) is 11.6 Å². The molecule has 0 saturated heterocycles. The number of aromatic nitrogens is 3. The van der Waals surface area contributed by atoms with Crippen molar-refractivity contribution in [2.45, 2.75) is 59.3 Å². The zero-order valence-electron chi connectivity index (χ0n) is 11.9. The summed E-state index contributed by atoms with van der Waals surface area (Å²) in [5.41, 5.74) is 6.12. The minimum Gasteiger partial charge on any atom is -0.368 e. The van der Waals surface area contributed by atoms with Gasteiger partial charge in [0.25, 0.3) is 0 Å². The van der Waals surface area contributed by atoms with E-state index in [-0.39, 0.29) is 0 Å². The zero-order chi connectivity index (χ0) is 13.3. The van der Waals surface area contributed by atoms with E-state index in [0.29, 0.717) is 17.3 Å². The van der Waals surface area contributed by atoms with Crippen molar-refractivity contribution >= 4 is 5.95 Å². The lowest BCUT2D eigenvalue weighted by molar-refractivity contribution is 0.167. The van der Waals surface area contributed by atoms with Crippen LogP contribution in [0.15, 0.2) is 0 Å². The fourth-order valence-electron chi connectivity index (χ4n) is 2.92. The second-order valence-electron chi connectivity index (χ2n) is 6.51. The molecule has 0 spiro atoms. The summed E-state index contributed by atoms with van der Waals surface area (Å²) in [4.78, 5) is 12.8. The molecule has 2 N–H and O–H groups in total. The first-order valence-corrected chi connectivity index (χ1v) is 6.84. The Balaban J connectivity index is 2.05. The summed E-state index contributed by atoms with van der Waals surface area (Å²) in [6, 6.07) is 0. The first kappa shape index (κ1) is 13.2. The maximum absolute atomic E-state index is 5.70. The monoisotopic (exact) mass is 248 g/mol. The molecule has 1 aliphatic rings. The zero-order valence-corrected chi connectivity index (χ0v) is 11.9. The van der Waals surface area contributed by atoms with Gasteiger partial charge in [-0.2, -0.15) is 9.97 Å². The van der Waals surface area contributed by atoms with E-state index in [2.05, 4.69) is 35.7 Å². The highest BCUT2D eigenvalue weighted by Gasteiger charge is 2.31. The Morgan fingerprint density at radius 2 is 1.61 bits per heavy atom. The lowest BCUT2D eigenvalue weighted by Gasteiger charge is -2.36. The molecule has 0 amide bonds. The molecule has 0 radical (unpaired) electrons. The molecule has 1 aromatic heterocycles. The van der Waals surface area contributed by atoms with Crippen molar-refractivity contribution in [3.63, 3.8) is 0 Å². The predicted molar refractivity (Wildman–Crippen MR) is 73.1 cm³/mol. The maximum Gasteiger partial charge on any atom is 0.223 e. The molecule has 0 aromatic carbocycles. The number of hydrogen-bond donors (Lipinski definition) is 1. The lowest BCUT2D eigenvalue weighted by Crippen LogP contribution is -2.26. The Hall–Kier alpha value is -1.19. The van der Waals surface area contributed by atoms with Gasteiger partial charge in [-0.3, -0.25) is 0 Å². The highest BCUT2D eigenvalue weighted by atomic mass is 15.1. The van der Waals surface area contributed by atoms with Gasteiger partial charge in [0, 0.05) is 5.92 Å². The van der Waals surface area contributed by atoms with E-state index in [0.717, 1.165) is 17.6 Å². The number of nitrogens with zero attached hydrogens (tertiary/aromatic N) is 3. The molecule has 100 valence electrons. The van der Waals surface area contributed by atoms with Crippen LogP contribution in [0, 0.1) is 18.3 Å². The Morgan fingerprint density at radius 1 is 1.00 bits per heavy atom. The van der Waals surface area contributed by atoms with E-state index in [1.807, 2.05) is 6.92 Å². The van der Waals surface area contributed by atoms with E-state index < -0.39 is 0 Å². The van der Waals surface area contributed by atoms with Crippen molar-refractivity contribution in [2.75, 3.05) is 5.73 Å². The quantitative estimate of drug-likeness (QED) is 0.829. The Labute approximate surface area is 109 Å². The van der Waals surface area contributed by atoms with Gasteiger partial charge in [0.05, 0.1) is 0 Å². The summed E-state index contributed by atoms with van der Waals surface area (Å²) in [5.74, 6) is 3.26. The number of hydrogen-bond acceptors (Lipinski definition) is 4. The molecule has 4 heteroatoms. The molecule has 0 unspecified atom stereocenters. The molecule has 0 bridgehead atoms. The van der Waals surface area contributed by atoms with E-state index in [1.165, 1.54) is 25.7 Å². The van der Waals surface area contributed by atoms with Crippen LogP contribution < -0.4 is 5.73 Å². The van der Waals surface area contributed by atoms with Gasteiger partial charge < -0.3 is 5.73 Å². The third kappa shape index (κ3) is 2.98. The molecule has 1 aromatic rings. The van der Waals surface area contributed by atoms with Gasteiger partial charge in [-0.1, -0.05) is 20.8 Å². The lowest BCUT2D eigenvalue weighted by atomic mass is 9.70. The number of rotatable bonds is 1. The Kier molecular flexibility index (Phi) is 3.55. The van der Waals surface area contributed by atoms with Crippen LogP contribution in [-0.2, 0) is 0 Å². The molecular formula is C14H24N4. The molecular weight excluding hydrogens is 224 g/mol. The van der Waals surface area contributed by atoms with Gasteiger partial charge in [0.2, 0.25) is 5.95 Å². The van der Waals surface area contributed by atoms with Crippen LogP contribution in [0.5, 0.6) is 0 Å². The average molecular weight is 248 g/mol. The van der Waals surface area contributed by atoms with E-state index in [1.54, 1.807) is 0 Å². The van der Waals surface area contributed by atoms with Gasteiger partial charge in [-0.25, -0.2) is 4.98 Å². The third-order valence-corrected chi connectivity index (χ3v) is 4.10. The highest BCUT2D eigenvalue weighted by Crippen LogP contribution is 2.42. The first-order chi connectivity index (χ1) is 8.36. The van der Waals surface area contributed by atoms with E-state index in [4.69, 9.17) is 5.73 Å². The van der Waals surface area contributed by atoms with Crippen LogP contribution in [0.4, 0.5) is 5.95 Å². The molecule has 0 aliphatic heterocycles. The summed E-state index contributed by atoms with van der Waals surface area (Å²) in [6.45, 7) is 8.89. The number of aryl methyl sites for hydroxylation is 1. The largest absolute Gasteiger partial charge is 0.368 e.